The Balaban J connectivity index is 1.27. The monoisotopic (exact) mass is 1220 g/mol. The summed E-state index contributed by atoms with van der Waals surface area (Å²) in [5.41, 5.74) is 13.7. The molecule has 0 spiro atoms. The van der Waals surface area contributed by atoms with Gasteiger partial charge in [0, 0.05) is 99.9 Å². The fourth-order valence-corrected chi connectivity index (χ4v) is 15.5. The van der Waals surface area contributed by atoms with Gasteiger partial charge in [-0.1, -0.05) is 74.8 Å². The Morgan fingerprint density at radius 2 is 1.20 bits per heavy atom. The number of hydrogen-bond acceptors (Lipinski definition) is 12. The van der Waals surface area contributed by atoms with Crippen LogP contribution in [0.25, 0.3) is 38.2 Å². The van der Waals surface area contributed by atoms with Gasteiger partial charge in [-0.25, -0.2) is 4.58 Å². The molecule has 464 valence electrons. The lowest BCUT2D eigenvalue weighted by Gasteiger charge is -2.38. The Labute approximate surface area is 533 Å². The van der Waals surface area contributed by atoms with Crippen LogP contribution in [-0.4, -0.2) is 134 Å². The number of benzene rings is 7. The van der Waals surface area contributed by atoms with E-state index < -0.39 is 8.07 Å². The lowest BCUT2D eigenvalue weighted by atomic mass is 9.86. The zero-order valence-electron chi connectivity index (χ0n) is 54.1. The average molecular weight is 1230 g/mol. The van der Waals surface area contributed by atoms with E-state index in [4.69, 9.17) is 23.5 Å². The first kappa shape index (κ1) is 66.0. The molecule has 17 heteroatoms. The van der Waals surface area contributed by atoms with Crippen LogP contribution in [0.1, 0.15) is 72.9 Å². The van der Waals surface area contributed by atoms with Crippen LogP contribution in [0.15, 0.2) is 169 Å². The molecule has 1 amide bonds. The zero-order valence-corrected chi connectivity index (χ0v) is 55.1. The predicted octanol–water partition coefficient (Wildman–Crippen LogP) is 11.4. The van der Waals surface area contributed by atoms with E-state index in [1.807, 2.05) is 18.2 Å². The molecule has 1 aliphatic heterocycles. The van der Waals surface area contributed by atoms with Crippen molar-refractivity contribution in [3.05, 3.63) is 202 Å². The van der Waals surface area contributed by atoms with Gasteiger partial charge in [-0.05, 0) is 189 Å². The fraction of sp³-hybridized carbons (Fsp3) is 0.301. The van der Waals surface area contributed by atoms with Crippen LogP contribution in [0.5, 0.6) is 28.7 Å². The summed E-state index contributed by atoms with van der Waals surface area (Å²) in [5.74, 6) is 2.90. The molecule has 90 heavy (non-hydrogen) atoms. The third-order valence-electron chi connectivity index (χ3n) is 17.3. The van der Waals surface area contributed by atoms with Gasteiger partial charge >= 0.3 is 15.4 Å². The minimum atomic E-state index is -2.28. The summed E-state index contributed by atoms with van der Waals surface area (Å²) in [6, 6.07) is 40.0. The second-order valence-electron chi connectivity index (χ2n) is 24.3. The number of nitrogens with one attached hydrogen (secondary N) is 1. The number of allylic oxidation sites excluding steroid dienone is 6. The van der Waals surface area contributed by atoms with E-state index in [2.05, 4.69) is 176 Å². The van der Waals surface area contributed by atoms with Crippen molar-refractivity contribution in [2.45, 2.75) is 78.8 Å². The lowest BCUT2D eigenvalue weighted by molar-refractivity contribution is -0.462. The maximum Gasteiger partial charge on any atom is 0.569 e. The molecule has 0 atom stereocenters. The summed E-state index contributed by atoms with van der Waals surface area (Å²) in [5, 5.41) is 30.0. The predicted molar refractivity (Wildman–Crippen MR) is 369 cm³/mol. The van der Waals surface area contributed by atoms with Crippen molar-refractivity contribution in [3.63, 3.8) is 0 Å². The molecule has 7 aromatic carbocycles. The summed E-state index contributed by atoms with van der Waals surface area (Å²) in [7, 11) is 12.5. The number of nitrogens with zero attached hydrogens (tertiary/aromatic N) is 4. The molecule has 1 aliphatic carbocycles. The lowest BCUT2D eigenvalue weighted by Crippen LogP contribution is -2.49. The van der Waals surface area contributed by atoms with Crippen LogP contribution in [0, 0.1) is 0 Å². The Morgan fingerprint density at radius 3 is 1.77 bits per heavy atom. The minimum Gasteiger partial charge on any atom is -0.537 e. The van der Waals surface area contributed by atoms with Gasteiger partial charge in [0.1, 0.15) is 50.9 Å². The summed E-state index contributed by atoms with van der Waals surface area (Å²) in [6.45, 7) is 19.6. The highest BCUT2D eigenvalue weighted by molar-refractivity contribution is 6.98. The third-order valence-corrected chi connectivity index (χ3v) is 20.9. The van der Waals surface area contributed by atoms with Crippen molar-refractivity contribution in [1.82, 2.24) is 15.1 Å². The molecule has 0 aromatic heterocycles. The van der Waals surface area contributed by atoms with Gasteiger partial charge in [0.05, 0.1) is 21.3 Å². The van der Waals surface area contributed by atoms with E-state index >= 15 is 0 Å². The van der Waals surface area contributed by atoms with Crippen LogP contribution >= 0.6 is 0 Å². The first-order valence-electron chi connectivity index (χ1n) is 30.6. The van der Waals surface area contributed by atoms with Crippen molar-refractivity contribution in [2.75, 3.05) is 74.1 Å². The molecule has 1 heterocycles. The van der Waals surface area contributed by atoms with Crippen molar-refractivity contribution in [2.24, 2.45) is 0 Å². The van der Waals surface area contributed by atoms with Crippen molar-refractivity contribution < 1.29 is 47.7 Å². The number of hydrogen-bond donors (Lipinski definition) is 3. The van der Waals surface area contributed by atoms with Gasteiger partial charge in [-0.15, -0.1) is 0 Å². The summed E-state index contributed by atoms with van der Waals surface area (Å²) in [4.78, 5) is 32.6. The summed E-state index contributed by atoms with van der Waals surface area (Å²) >= 11 is 0. The van der Waals surface area contributed by atoms with Crippen LogP contribution in [0.2, 0.25) is 13.1 Å². The zero-order chi connectivity index (χ0) is 64.4. The van der Waals surface area contributed by atoms with Crippen LogP contribution < -0.4 is 38.9 Å². The number of unbranched alkanes of at least 4 members (excludes halogenated alkanes) is 1. The second kappa shape index (κ2) is 29.5. The number of methoxy groups -OCH3 is 3. The first-order chi connectivity index (χ1) is 43.3. The minimum absolute atomic E-state index is 0.0516. The van der Waals surface area contributed by atoms with E-state index in [1.165, 1.54) is 21.5 Å². The van der Waals surface area contributed by atoms with E-state index in [1.54, 1.807) is 53.4 Å². The third kappa shape index (κ3) is 14.7. The SMILES string of the molecule is C=C(C)C(=O)CCCCN(Cc1cc(OC)ccc1O[B]O)Cc1c2ccccc2c(CN(CCCNC(=O)C(=C)C)Cc2cc(OC)ccc2O[B]O)c2ccc(-c3ccc(OC)c(C4=C5C=CC(=[N+](C)C)C=C5[Si](C)(C)c5cc(N(C)C)ccc54)c3)cc12. The standard InChI is InChI=1S/C73H83B2N5O9Si/c1-47(2)66(81)21-16-17-35-79(43-51-37-55(85-9)26-32-67(51)88-74-83)46-65-58-20-15-14-19-57(58)64(45-80(36-18-34-76-73(82)48(3)4)44-52-38-56(86-10)27-33-68(52)89-75-84)59-28-22-49(39-62(59)65)50-23-31-69(87-11)63(40-50)72-60-29-24-53(77(5)6)41-70(60)90(12,13)71-42-54(78(7)8)25-30-61(71)72/h14-15,19-20,22-33,37-42,83-84H,1,3,16-18,21,34-36,43-46H2,2,4-13H3/p+1. The molecule has 7 aromatic rings. The van der Waals surface area contributed by atoms with Crippen LogP contribution in [-0.2, 0) is 35.8 Å². The average Bonchev–Trinajstić information content (AvgIpc) is 0.732. The van der Waals surface area contributed by atoms with Crippen molar-refractivity contribution >= 4 is 78.8 Å². The molecule has 0 unspecified atom stereocenters. The van der Waals surface area contributed by atoms with Gasteiger partial charge < -0.3 is 43.8 Å². The highest BCUT2D eigenvalue weighted by Crippen LogP contribution is 2.46. The molecule has 2 aliphatic rings. The van der Waals surface area contributed by atoms with Crippen molar-refractivity contribution in [1.29, 1.82) is 0 Å². The maximum absolute atomic E-state index is 12.9. The van der Waals surface area contributed by atoms with E-state index in [0.29, 0.717) is 115 Å². The highest BCUT2D eigenvalue weighted by atomic mass is 28.3. The molecule has 0 bridgehead atoms. The maximum atomic E-state index is 12.9. The molecule has 14 nitrogen and oxygen atoms in total. The molecule has 9 rings (SSSR count). The van der Waals surface area contributed by atoms with Crippen molar-refractivity contribution in [3.8, 4) is 39.9 Å². The number of ether oxygens (including phenoxy) is 3. The largest absolute Gasteiger partial charge is 0.569 e. The second-order valence-corrected chi connectivity index (χ2v) is 28.6. The Hall–Kier alpha value is -8.44. The number of rotatable bonds is 29. The summed E-state index contributed by atoms with van der Waals surface area (Å²) in [6.07, 6.45) is 9.34. The van der Waals surface area contributed by atoms with Gasteiger partial charge in [0.15, 0.2) is 11.5 Å². The number of fused-ring (bicyclic) bond motifs is 4. The van der Waals surface area contributed by atoms with Gasteiger partial charge in [-0.3, -0.25) is 19.4 Å². The fourth-order valence-electron chi connectivity index (χ4n) is 12.4. The molecule has 3 N–H and O–H groups in total. The number of carbonyl (C=O) groups excluding carboxylic acids is 2. The molecule has 0 fully saturated rings. The highest BCUT2D eigenvalue weighted by Gasteiger charge is 2.41. The van der Waals surface area contributed by atoms with Gasteiger partial charge in [0.25, 0.3) is 0 Å². The van der Waals surface area contributed by atoms with E-state index in [-0.39, 0.29) is 11.7 Å². The van der Waals surface area contributed by atoms with Gasteiger partial charge in [-0.2, -0.15) is 0 Å². The quantitative estimate of drug-likeness (QED) is 0.0135. The number of ketones is 1. The molecular weight excluding hydrogens is 1140 g/mol. The smallest absolute Gasteiger partial charge is 0.537 e. The van der Waals surface area contributed by atoms with Gasteiger partial charge in [0.2, 0.25) is 5.91 Å². The van der Waals surface area contributed by atoms with E-state index in [9.17, 15) is 19.6 Å². The topological polar surface area (TPSA) is 146 Å². The number of carbonyl (C=O) groups is 2. The molecular formula is C73H84B2N5O9Si+. The van der Waals surface area contributed by atoms with Crippen LogP contribution in [0.4, 0.5) is 5.69 Å². The Morgan fingerprint density at radius 1 is 0.622 bits per heavy atom. The van der Waals surface area contributed by atoms with E-state index in [0.717, 1.165) is 89.6 Å². The summed E-state index contributed by atoms with van der Waals surface area (Å²) < 4.78 is 31.5. The molecule has 0 saturated heterocycles. The molecule has 0 saturated carbocycles. The normalized spacial score (nSPS) is 13.2. The number of anilines is 1. The number of Topliss-reactive ketones (excluding diaryl/α,β-unsaturated/α-hetero) is 1. The Bertz CT molecular complexity index is 4020. The number of amides is 1. The Kier molecular flexibility index (Phi) is 21.6. The molecule has 2 radical (unpaired) electrons. The van der Waals surface area contributed by atoms with Crippen LogP contribution in [0.3, 0.4) is 0 Å². The first-order valence-corrected chi connectivity index (χ1v) is 33.6.